The number of morpholine rings is 1. The number of aliphatic hydroxyl groups is 1. The minimum absolute atomic E-state index is 0.120. The Balaban J connectivity index is 1.37. The summed E-state index contributed by atoms with van der Waals surface area (Å²) in [6.07, 6.45) is -5.38. The summed E-state index contributed by atoms with van der Waals surface area (Å²) in [5, 5.41) is 16.3. The van der Waals surface area contributed by atoms with Gasteiger partial charge in [-0.1, -0.05) is 54.6 Å². The number of rotatable bonds is 13. The second-order valence-corrected chi connectivity index (χ2v) is 10.8. The molecule has 39 heavy (non-hydrogen) atoms. The van der Waals surface area contributed by atoms with Crippen LogP contribution in [0.3, 0.4) is 0 Å². The molecule has 1 aromatic heterocycles. The molecule has 1 saturated heterocycles. The van der Waals surface area contributed by atoms with Gasteiger partial charge in [0.15, 0.2) is 6.23 Å². The van der Waals surface area contributed by atoms with Crippen molar-refractivity contribution in [3.8, 4) is 11.1 Å². The summed E-state index contributed by atoms with van der Waals surface area (Å²) in [7, 11) is 4.91. The lowest BCUT2D eigenvalue weighted by atomic mass is 10.0. The minimum Gasteiger partial charge on any atom is -0.378 e. The molecule has 212 valence electrons. The topological polar surface area (TPSA) is 69.2 Å². The molecule has 1 aliphatic rings. The predicted octanol–water partition coefficient (Wildman–Crippen LogP) is 4.28. The van der Waals surface area contributed by atoms with E-state index in [9.17, 15) is 13.9 Å². The molecule has 2 aromatic carbocycles. The van der Waals surface area contributed by atoms with Crippen LogP contribution >= 0.6 is 11.3 Å². The van der Waals surface area contributed by atoms with E-state index in [2.05, 4.69) is 51.9 Å². The number of alkyl halides is 2. The van der Waals surface area contributed by atoms with Crippen LogP contribution in [0, 0.1) is 0 Å². The molecular weight excluding hydrogens is 522 g/mol. The van der Waals surface area contributed by atoms with E-state index < -0.39 is 18.8 Å². The number of hydrogen-bond acceptors (Lipinski definition) is 8. The van der Waals surface area contributed by atoms with Crippen LogP contribution in [0.2, 0.25) is 0 Å². The third-order valence-corrected chi connectivity index (χ3v) is 8.19. The fraction of sp³-hybridized carbons (Fsp3) is 0.448. The summed E-state index contributed by atoms with van der Waals surface area (Å²) < 4.78 is 37.8. The van der Waals surface area contributed by atoms with E-state index in [1.54, 1.807) is 14.2 Å². The molecule has 3 N–H and O–H groups in total. The average Bonchev–Trinajstić information content (AvgIpc) is 3.43. The molecule has 0 aliphatic carbocycles. The van der Waals surface area contributed by atoms with Crippen LogP contribution in [0.1, 0.15) is 27.7 Å². The number of nitrogens with zero attached hydrogens (tertiary/aromatic N) is 2. The quantitative estimate of drug-likeness (QED) is 0.270. The van der Waals surface area contributed by atoms with Gasteiger partial charge in [-0.15, -0.1) is 11.3 Å². The molecule has 4 unspecified atom stereocenters. The van der Waals surface area contributed by atoms with Crippen LogP contribution in [-0.4, -0.2) is 81.1 Å². The van der Waals surface area contributed by atoms with Crippen molar-refractivity contribution in [2.75, 3.05) is 47.5 Å². The Bertz CT molecular complexity index is 1140. The Morgan fingerprint density at radius 1 is 1.10 bits per heavy atom. The Morgan fingerprint density at radius 3 is 2.49 bits per heavy atom. The maximum atomic E-state index is 13.0. The van der Waals surface area contributed by atoms with Crippen LogP contribution in [0.25, 0.3) is 11.1 Å². The number of thiophene rings is 1. The summed E-state index contributed by atoms with van der Waals surface area (Å²) in [5.74, 6) is 0. The van der Waals surface area contributed by atoms with Crippen LogP contribution < -0.4 is 10.6 Å². The number of benzene rings is 2. The first-order valence-corrected chi connectivity index (χ1v) is 13.9. The Hall–Kier alpha value is -2.28. The van der Waals surface area contributed by atoms with Gasteiger partial charge in [-0.3, -0.25) is 9.80 Å². The van der Waals surface area contributed by atoms with Crippen molar-refractivity contribution in [2.45, 2.75) is 37.6 Å². The average molecular weight is 561 g/mol. The summed E-state index contributed by atoms with van der Waals surface area (Å²) in [6.45, 7) is 3.35. The van der Waals surface area contributed by atoms with Crippen LogP contribution in [0.15, 0.2) is 66.7 Å². The maximum absolute atomic E-state index is 13.0. The number of nitrogens with one attached hydrogen (secondary N) is 2. The van der Waals surface area contributed by atoms with Crippen molar-refractivity contribution in [1.82, 2.24) is 20.4 Å². The fourth-order valence-electron chi connectivity index (χ4n) is 4.96. The van der Waals surface area contributed by atoms with Gasteiger partial charge in [0.2, 0.25) is 0 Å². The standard InChI is InChI=1S/C29H38F2N4O3S/c1-32-27(34(2)28(36)26(30)31)25-14-13-24(39-25)18-33-17-23-19-38-16-15-35(23)29(37-3)22-11-9-21(10-12-22)20-7-5-4-6-8-20/h4-14,23,26-29,32-33,36H,15-19H2,1-3H3. The molecule has 2 heterocycles. The van der Waals surface area contributed by atoms with Gasteiger partial charge in [-0.05, 0) is 42.9 Å². The predicted molar refractivity (Wildman–Crippen MR) is 151 cm³/mol. The number of halogens is 2. The van der Waals surface area contributed by atoms with Gasteiger partial charge in [0.05, 0.1) is 19.4 Å². The Labute approximate surface area is 233 Å². The van der Waals surface area contributed by atoms with Gasteiger partial charge in [0, 0.05) is 42.5 Å². The normalized spacial score (nSPS) is 18.9. The highest BCUT2D eigenvalue weighted by Gasteiger charge is 2.31. The van der Waals surface area contributed by atoms with Crippen molar-refractivity contribution >= 4 is 11.3 Å². The van der Waals surface area contributed by atoms with Gasteiger partial charge in [-0.2, -0.15) is 0 Å². The molecule has 1 fully saturated rings. The van der Waals surface area contributed by atoms with Crippen molar-refractivity contribution in [2.24, 2.45) is 0 Å². The first kappa shape index (κ1) is 29.7. The molecule has 3 aromatic rings. The van der Waals surface area contributed by atoms with E-state index in [1.807, 2.05) is 30.3 Å². The van der Waals surface area contributed by atoms with Gasteiger partial charge in [-0.25, -0.2) is 8.78 Å². The van der Waals surface area contributed by atoms with E-state index in [1.165, 1.54) is 34.4 Å². The van der Waals surface area contributed by atoms with E-state index in [0.717, 1.165) is 21.9 Å². The summed E-state index contributed by atoms with van der Waals surface area (Å²) >= 11 is 1.53. The van der Waals surface area contributed by atoms with E-state index in [-0.39, 0.29) is 12.3 Å². The molecule has 0 amide bonds. The van der Waals surface area contributed by atoms with Gasteiger partial charge < -0.3 is 25.2 Å². The van der Waals surface area contributed by atoms with Crippen LogP contribution in [0.5, 0.6) is 0 Å². The van der Waals surface area contributed by atoms with Crippen molar-refractivity contribution < 1.29 is 23.4 Å². The van der Waals surface area contributed by atoms with E-state index >= 15 is 0 Å². The largest absolute Gasteiger partial charge is 0.378 e. The molecule has 0 radical (unpaired) electrons. The molecule has 7 nitrogen and oxygen atoms in total. The zero-order chi connectivity index (χ0) is 27.8. The van der Waals surface area contributed by atoms with E-state index in [4.69, 9.17) is 9.47 Å². The van der Waals surface area contributed by atoms with Gasteiger partial charge in [0.25, 0.3) is 6.43 Å². The zero-order valence-corrected chi connectivity index (χ0v) is 23.4. The van der Waals surface area contributed by atoms with Crippen molar-refractivity contribution in [1.29, 1.82) is 0 Å². The highest BCUT2D eigenvalue weighted by atomic mass is 32.1. The molecule has 10 heteroatoms. The van der Waals surface area contributed by atoms with Gasteiger partial charge >= 0.3 is 0 Å². The third kappa shape index (κ3) is 7.47. The summed E-state index contributed by atoms with van der Waals surface area (Å²) in [4.78, 5) is 5.51. The molecule has 0 saturated carbocycles. The van der Waals surface area contributed by atoms with Crippen LogP contribution in [-0.2, 0) is 16.0 Å². The molecule has 4 atom stereocenters. The van der Waals surface area contributed by atoms with Crippen LogP contribution in [0.4, 0.5) is 8.78 Å². The van der Waals surface area contributed by atoms with E-state index in [0.29, 0.717) is 26.3 Å². The van der Waals surface area contributed by atoms with Crippen molar-refractivity contribution in [3.05, 3.63) is 82.0 Å². The number of methoxy groups -OCH3 is 1. The minimum atomic E-state index is -2.84. The number of ether oxygens (including phenoxy) is 2. The molecule has 0 bridgehead atoms. The lowest BCUT2D eigenvalue weighted by Gasteiger charge is -2.40. The third-order valence-electron chi connectivity index (χ3n) is 7.06. The fourth-order valence-corrected chi connectivity index (χ4v) is 6.11. The Kier molecular flexibility index (Phi) is 11.0. The van der Waals surface area contributed by atoms with Crippen molar-refractivity contribution in [3.63, 3.8) is 0 Å². The SMILES string of the molecule is CNC(c1ccc(CNCC2COCCN2C(OC)c2ccc(-c3ccccc3)cc2)s1)N(C)C(O)C(F)F. The lowest BCUT2D eigenvalue weighted by Crippen LogP contribution is -2.52. The molecule has 1 aliphatic heterocycles. The zero-order valence-electron chi connectivity index (χ0n) is 22.6. The summed E-state index contributed by atoms with van der Waals surface area (Å²) in [6, 6.07) is 22.8. The maximum Gasteiger partial charge on any atom is 0.277 e. The molecule has 0 spiro atoms. The first-order chi connectivity index (χ1) is 18.9. The monoisotopic (exact) mass is 560 g/mol. The molecule has 4 rings (SSSR count). The molecular formula is C29H38F2N4O3S. The first-order valence-electron chi connectivity index (χ1n) is 13.1. The number of hydrogen-bond donors (Lipinski definition) is 3. The second-order valence-electron chi connectivity index (χ2n) is 9.58. The highest BCUT2D eigenvalue weighted by molar-refractivity contribution is 7.12. The second kappa shape index (κ2) is 14.4. The number of aliphatic hydroxyl groups excluding tert-OH is 1. The summed E-state index contributed by atoms with van der Waals surface area (Å²) in [5.41, 5.74) is 3.45. The van der Waals surface area contributed by atoms with Gasteiger partial charge in [0.1, 0.15) is 6.23 Å². The Morgan fingerprint density at radius 2 is 1.82 bits per heavy atom. The lowest BCUT2D eigenvalue weighted by molar-refractivity contribution is -0.112. The smallest absolute Gasteiger partial charge is 0.277 e. The highest BCUT2D eigenvalue weighted by Crippen LogP contribution is 2.29.